The van der Waals surface area contributed by atoms with E-state index in [1.807, 2.05) is 11.3 Å². The zero-order valence-electron chi connectivity index (χ0n) is 38.7. The lowest BCUT2D eigenvalue weighted by atomic mass is 9.33. The number of fused-ring (bicyclic) bond motifs is 10. The Morgan fingerprint density at radius 1 is 0.578 bits per heavy atom. The van der Waals surface area contributed by atoms with Gasteiger partial charge in [0.25, 0.3) is 6.71 Å². The third-order valence-corrected chi connectivity index (χ3v) is 16.1. The largest absolute Gasteiger partial charge is 0.311 e. The number of benzene rings is 7. The molecule has 0 saturated carbocycles. The van der Waals surface area contributed by atoms with E-state index in [2.05, 4.69) is 218 Å². The van der Waals surface area contributed by atoms with E-state index >= 15 is 0 Å². The van der Waals surface area contributed by atoms with Gasteiger partial charge in [-0.1, -0.05) is 146 Å². The van der Waals surface area contributed by atoms with Crippen LogP contribution in [-0.4, -0.2) is 6.71 Å². The molecule has 314 valence electrons. The number of nitrogens with zero attached hydrogens (tertiary/aromatic N) is 2. The van der Waals surface area contributed by atoms with Gasteiger partial charge in [-0.05, 0) is 163 Å². The van der Waals surface area contributed by atoms with Crippen molar-refractivity contribution in [1.29, 1.82) is 0 Å². The second-order valence-electron chi connectivity index (χ2n) is 21.4. The highest BCUT2D eigenvalue weighted by molar-refractivity contribution is 7.20. The summed E-state index contributed by atoms with van der Waals surface area (Å²) in [5.41, 5.74) is 25.1. The second kappa shape index (κ2) is 13.7. The van der Waals surface area contributed by atoms with Gasteiger partial charge in [0.05, 0.1) is 0 Å². The topological polar surface area (TPSA) is 6.48 Å². The number of aryl methyl sites for hydroxylation is 2. The summed E-state index contributed by atoms with van der Waals surface area (Å²) in [4.78, 5) is 6.61. The number of thiophene rings is 1. The molecule has 0 atom stereocenters. The van der Waals surface area contributed by atoms with Crippen LogP contribution in [0.4, 0.5) is 34.1 Å². The Balaban J connectivity index is 1.08. The highest BCUT2D eigenvalue weighted by atomic mass is 32.1. The average molecular weight is 847 g/mol. The van der Waals surface area contributed by atoms with Crippen LogP contribution in [0.2, 0.25) is 0 Å². The number of hydrogen-bond acceptors (Lipinski definition) is 3. The monoisotopic (exact) mass is 846 g/mol. The zero-order chi connectivity index (χ0) is 44.0. The van der Waals surface area contributed by atoms with E-state index in [1.54, 1.807) is 0 Å². The smallest absolute Gasteiger partial charge is 0.252 e. The molecule has 0 radical (unpaired) electrons. The Morgan fingerprint density at radius 3 is 1.84 bits per heavy atom. The molecule has 4 heteroatoms. The van der Waals surface area contributed by atoms with Crippen molar-refractivity contribution in [3.05, 3.63) is 189 Å². The molecular formula is C60H55BN2S. The molecule has 0 unspecified atom stereocenters. The average Bonchev–Trinajstić information content (AvgIpc) is 3.77. The molecule has 2 aliphatic heterocycles. The lowest BCUT2D eigenvalue weighted by Crippen LogP contribution is -2.61. The third kappa shape index (κ3) is 5.77. The van der Waals surface area contributed by atoms with Gasteiger partial charge in [0.15, 0.2) is 0 Å². The van der Waals surface area contributed by atoms with E-state index in [4.69, 9.17) is 0 Å². The third-order valence-electron chi connectivity index (χ3n) is 14.9. The molecule has 8 aromatic rings. The van der Waals surface area contributed by atoms with Crippen molar-refractivity contribution in [3.8, 4) is 11.1 Å². The summed E-state index contributed by atoms with van der Waals surface area (Å²) in [5.74, 6) is 0. The van der Waals surface area contributed by atoms with Crippen molar-refractivity contribution >= 4 is 84.2 Å². The number of allylic oxidation sites excluding steroid dienone is 1. The van der Waals surface area contributed by atoms with E-state index in [0.29, 0.717) is 0 Å². The van der Waals surface area contributed by atoms with E-state index in [9.17, 15) is 0 Å². The lowest BCUT2D eigenvalue weighted by Gasteiger charge is -2.45. The van der Waals surface area contributed by atoms with Crippen LogP contribution in [0, 0.1) is 6.92 Å². The SMILES string of the molecule is Cc1cc2c3c(c1)N(c1ccc4c(c1)C(C)(C)c1ccccc1-4)c1ccc(C(C)(C)C)cc1B3c1cc(C(C)(C)C)ccc1N2c1ccc(C2=CCCc3c2sc2ccccc32)cc1. The predicted molar refractivity (Wildman–Crippen MR) is 277 cm³/mol. The van der Waals surface area contributed by atoms with Crippen molar-refractivity contribution in [3.63, 3.8) is 0 Å². The van der Waals surface area contributed by atoms with Crippen LogP contribution in [0.15, 0.2) is 146 Å². The van der Waals surface area contributed by atoms with E-state index < -0.39 is 0 Å². The molecule has 2 aliphatic carbocycles. The Hall–Kier alpha value is -6.10. The zero-order valence-corrected chi connectivity index (χ0v) is 39.5. The molecule has 1 aromatic heterocycles. The molecule has 4 aliphatic rings. The first-order valence-electron chi connectivity index (χ1n) is 23.3. The highest BCUT2D eigenvalue weighted by Crippen LogP contribution is 2.52. The summed E-state index contributed by atoms with van der Waals surface area (Å²) >= 11 is 1.95. The molecule has 64 heavy (non-hydrogen) atoms. The Bertz CT molecular complexity index is 3290. The maximum atomic E-state index is 2.60. The van der Waals surface area contributed by atoms with Crippen LogP contribution < -0.4 is 26.2 Å². The van der Waals surface area contributed by atoms with Gasteiger partial charge in [-0.15, -0.1) is 11.3 Å². The van der Waals surface area contributed by atoms with Crippen LogP contribution in [0.25, 0.3) is 26.8 Å². The Morgan fingerprint density at radius 2 is 1.17 bits per heavy atom. The van der Waals surface area contributed by atoms with Gasteiger partial charge in [0.1, 0.15) is 0 Å². The second-order valence-corrected chi connectivity index (χ2v) is 22.4. The van der Waals surface area contributed by atoms with E-state index in [1.165, 1.54) is 121 Å². The van der Waals surface area contributed by atoms with Crippen LogP contribution in [0.5, 0.6) is 0 Å². The van der Waals surface area contributed by atoms with Gasteiger partial charge in [0, 0.05) is 49.1 Å². The van der Waals surface area contributed by atoms with Gasteiger partial charge >= 0.3 is 0 Å². The van der Waals surface area contributed by atoms with Crippen LogP contribution in [-0.2, 0) is 22.7 Å². The minimum atomic E-state index is -0.108. The van der Waals surface area contributed by atoms with Gasteiger partial charge in [0.2, 0.25) is 0 Å². The fourth-order valence-electron chi connectivity index (χ4n) is 11.5. The number of hydrogen-bond donors (Lipinski definition) is 0. The van der Waals surface area contributed by atoms with Crippen molar-refractivity contribution in [2.45, 2.75) is 91.4 Å². The molecule has 0 saturated heterocycles. The minimum absolute atomic E-state index is 0.0113. The summed E-state index contributed by atoms with van der Waals surface area (Å²) in [6, 6.07) is 54.3. The first kappa shape index (κ1) is 39.5. The van der Waals surface area contributed by atoms with Crippen molar-refractivity contribution < 1.29 is 0 Å². The normalized spacial score (nSPS) is 15.6. The molecule has 0 amide bonds. The molecule has 7 aromatic carbocycles. The van der Waals surface area contributed by atoms with Crippen LogP contribution in [0.3, 0.4) is 0 Å². The predicted octanol–water partition coefficient (Wildman–Crippen LogP) is 14.6. The van der Waals surface area contributed by atoms with Crippen molar-refractivity contribution in [1.82, 2.24) is 0 Å². The summed E-state index contributed by atoms with van der Waals surface area (Å²) in [5, 5.41) is 1.42. The number of rotatable bonds is 3. The first-order valence-corrected chi connectivity index (χ1v) is 24.1. The van der Waals surface area contributed by atoms with Crippen LogP contribution >= 0.6 is 11.3 Å². The molecule has 0 fully saturated rings. The summed E-state index contributed by atoms with van der Waals surface area (Å²) in [6.07, 6.45) is 4.64. The Labute approximate surface area is 384 Å². The van der Waals surface area contributed by atoms with E-state index in [-0.39, 0.29) is 23.0 Å². The maximum absolute atomic E-state index is 2.60. The quantitative estimate of drug-likeness (QED) is 0.163. The molecule has 0 bridgehead atoms. The van der Waals surface area contributed by atoms with Gasteiger partial charge in [-0.3, -0.25) is 0 Å². The van der Waals surface area contributed by atoms with E-state index in [0.717, 1.165) is 12.8 Å². The standard InChI is InChI=1S/C60H55BN2S/c1-36-31-53-56-54(32-36)63(41-27-28-44-43-15-10-12-19-47(43)60(8,9)48(44)35-41)52-30-24-39(59(5,6)7)34-50(52)61(56)49-33-38(58(2,3)4)23-29-51(49)62(53)40-25-21-37(22-26-40)42-17-14-18-46-45-16-11-13-20-55(45)64-57(42)46/h10-13,15-17,19-35H,14,18H2,1-9H3. The lowest BCUT2D eigenvalue weighted by molar-refractivity contribution is 0.590. The fourth-order valence-corrected chi connectivity index (χ4v) is 12.8. The fraction of sp³-hybridized carbons (Fsp3) is 0.233. The molecule has 2 nitrogen and oxygen atoms in total. The Kier molecular flexibility index (Phi) is 8.46. The van der Waals surface area contributed by atoms with Crippen molar-refractivity contribution in [2.24, 2.45) is 0 Å². The van der Waals surface area contributed by atoms with Gasteiger partial charge < -0.3 is 9.80 Å². The van der Waals surface area contributed by atoms with Gasteiger partial charge in [-0.25, -0.2) is 0 Å². The molecule has 0 N–H and O–H groups in total. The number of anilines is 6. The summed E-state index contributed by atoms with van der Waals surface area (Å²) in [7, 11) is 0. The molecule has 3 heterocycles. The highest BCUT2D eigenvalue weighted by Gasteiger charge is 2.45. The molecule has 0 spiro atoms. The van der Waals surface area contributed by atoms with Gasteiger partial charge in [-0.2, -0.15) is 0 Å². The first-order chi connectivity index (χ1) is 30.7. The molecule has 12 rings (SSSR count). The van der Waals surface area contributed by atoms with Crippen LogP contribution in [0.1, 0.15) is 106 Å². The maximum Gasteiger partial charge on any atom is 0.252 e. The minimum Gasteiger partial charge on any atom is -0.311 e. The van der Waals surface area contributed by atoms with Crippen molar-refractivity contribution in [2.75, 3.05) is 9.80 Å². The summed E-state index contributed by atoms with van der Waals surface area (Å²) in [6.45, 7) is 21.2. The molecular weight excluding hydrogens is 792 g/mol. The summed E-state index contributed by atoms with van der Waals surface area (Å²) < 4.78 is 1.38.